The van der Waals surface area contributed by atoms with Crippen molar-refractivity contribution in [2.75, 3.05) is 11.9 Å². The van der Waals surface area contributed by atoms with Crippen LogP contribution in [0.2, 0.25) is 5.02 Å². The van der Waals surface area contributed by atoms with Crippen LogP contribution in [-0.2, 0) is 19.2 Å². The zero-order valence-electron chi connectivity index (χ0n) is 18.2. The highest BCUT2D eigenvalue weighted by atomic mass is 35.5. The molecule has 0 radical (unpaired) electrons. The van der Waals surface area contributed by atoms with E-state index < -0.39 is 28.4 Å². The zero-order chi connectivity index (χ0) is 24.2. The van der Waals surface area contributed by atoms with Crippen LogP contribution in [0.15, 0.2) is 47.6 Å². The minimum Gasteiger partial charge on any atom is -0.481 e. The van der Waals surface area contributed by atoms with Crippen molar-refractivity contribution in [1.29, 1.82) is 0 Å². The van der Waals surface area contributed by atoms with Crippen LogP contribution in [-0.4, -0.2) is 34.6 Å². The summed E-state index contributed by atoms with van der Waals surface area (Å²) < 4.78 is 11.0. The van der Waals surface area contributed by atoms with E-state index in [0.717, 1.165) is 5.56 Å². The maximum atomic E-state index is 12.1. The maximum Gasteiger partial charge on any atom is 0.344 e. The second kappa shape index (κ2) is 10.6. The van der Waals surface area contributed by atoms with Crippen molar-refractivity contribution in [2.45, 2.75) is 43.7 Å². The molecule has 10 heteroatoms. The molecule has 1 heterocycles. The maximum absolute atomic E-state index is 12.1. The van der Waals surface area contributed by atoms with Gasteiger partial charge in [0.05, 0.1) is 16.3 Å². The highest BCUT2D eigenvalue weighted by Crippen LogP contribution is 2.36. The van der Waals surface area contributed by atoms with E-state index in [4.69, 9.17) is 49.1 Å². The SMILES string of the molecule is CC(C)(C)OC(=O)COc1cccc(Cl)c1C1=NOC(c2cccc(NC(=O)C(Cl)Cl)c2)C1. The summed E-state index contributed by atoms with van der Waals surface area (Å²) >= 11 is 17.6. The molecular weight excluding hydrogens is 491 g/mol. The Labute approximate surface area is 206 Å². The minimum atomic E-state index is -1.18. The largest absolute Gasteiger partial charge is 0.481 e. The molecule has 0 aliphatic carbocycles. The molecule has 1 amide bonds. The summed E-state index contributed by atoms with van der Waals surface area (Å²) in [5.41, 5.74) is 1.81. The molecule has 3 rings (SSSR count). The molecular formula is C23H23Cl3N2O5. The summed E-state index contributed by atoms with van der Waals surface area (Å²) in [5, 5.41) is 7.24. The number of hydrogen-bond acceptors (Lipinski definition) is 6. The van der Waals surface area contributed by atoms with Gasteiger partial charge in [0.25, 0.3) is 5.91 Å². The second-order valence-corrected chi connectivity index (χ2v) is 9.74. The molecule has 0 spiro atoms. The fourth-order valence-electron chi connectivity index (χ4n) is 3.13. The third kappa shape index (κ3) is 7.00. The first kappa shape index (κ1) is 25.1. The molecule has 1 aliphatic rings. The van der Waals surface area contributed by atoms with E-state index in [-0.39, 0.29) is 6.61 Å². The number of ether oxygens (including phenoxy) is 2. The standard InChI is InChI=1S/C23H23Cl3N2O5/c1-23(2,3)32-19(29)12-31-17-9-5-8-15(24)20(17)16-11-18(33-28-16)13-6-4-7-14(10-13)27-22(30)21(25)26/h4-10,18,21H,11-12H2,1-3H3,(H,27,30). The van der Waals surface area contributed by atoms with Crippen molar-refractivity contribution in [3.63, 3.8) is 0 Å². The van der Waals surface area contributed by atoms with E-state index in [1.54, 1.807) is 57.2 Å². The molecule has 176 valence electrons. The van der Waals surface area contributed by atoms with E-state index in [0.29, 0.717) is 34.2 Å². The van der Waals surface area contributed by atoms with Gasteiger partial charge in [-0.1, -0.05) is 58.2 Å². The van der Waals surface area contributed by atoms with Crippen LogP contribution in [0.3, 0.4) is 0 Å². The Hall–Kier alpha value is -2.48. The Kier molecular flexibility index (Phi) is 8.10. The van der Waals surface area contributed by atoms with Gasteiger partial charge < -0.3 is 19.6 Å². The lowest BCUT2D eigenvalue weighted by molar-refractivity contribution is -0.157. The number of nitrogens with zero attached hydrogens (tertiary/aromatic N) is 1. The quantitative estimate of drug-likeness (QED) is 0.381. The summed E-state index contributed by atoms with van der Waals surface area (Å²) in [6.07, 6.45) is -0.00738. The molecule has 0 bridgehead atoms. The van der Waals surface area contributed by atoms with Crippen molar-refractivity contribution in [1.82, 2.24) is 0 Å². The van der Waals surface area contributed by atoms with Crippen molar-refractivity contribution in [2.24, 2.45) is 5.16 Å². The highest BCUT2D eigenvalue weighted by Gasteiger charge is 2.28. The third-order valence-corrected chi connectivity index (χ3v) is 5.13. The van der Waals surface area contributed by atoms with Crippen LogP contribution >= 0.6 is 34.8 Å². The van der Waals surface area contributed by atoms with Crippen LogP contribution in [0.4, 0.5) is 5.69 Å². The summed E-state index contributed by atoms with van der Waals surface area (Å²) in [7, 11) is 0. The Bertz CT molecular complexity index is 1070. The molecule has 1 N–H and O–H groups in total. The number of nitrogens with one attached hydrogen (secondary N) is 1. The van der Waals surface area contributed by atoms with Crippen molar-refractivity contribution >= 4 is 58.1 Å². The van der Waals surface area contributed by atoms with Gasteiger partial charge in [-0.2, -0.15) is 0 Å². The van der Waals surface area contributed by atoms with Crippen LogP contribution in [0.25, 0.3) is 0 Å². The molecule has 0 saturated heterocycles. The Morgan fingerprint density at radius 2 is 1.94 bits per heavy atom. The van der Waals surface area contributed by atoms with Gasteiger partial charge in [-0.25, -0.2) is 4.79 Å². The van der Waals surface area contributed by atoms with Crippen LogP contribution in [0.5, 0.6) is 5.75 Å². The molecule has 2 aromatic carbocycles. The average molecular weight is 514 g/mol. The van der Waals surface area contributed by atoms with E-state index in [2.05, 4.69) is 10.5 Å². The monoisotopic (exact) mass is 512 g/mol. The zero-order valence-corrected chi connectivity index (χ0v) is 20.5. The first-order valence-corrected chi connectivity index (χ1v) is 11.3. The summed E-state index contributed by atoms with van der Waals surface area (Å²) in [6, 6.07) is 12.2. The van der Waals surface area contributed by atoms with Crippen molar-refractivity contribution in [3.8, 4) is 5.75 Å². The Morgan fingerprint density at radius 1 is 1.21 bits per heavy atom. The number of oxime groups is 1. The molecule has 0 saturated carbocycles. The van der Waals surface area contributed by atoms with E-state index in [1.807, 2.05) is 6.07 Å². The van der Waals surface area contributed by atoms with Gasteiger partial charge in [-0.05, 0) is 50.6 Å². The van der Waals surface area contributed by atoms with Crippen LogP contribution < -0.4 is 10.1 Å². The number of benzene rings is 2. The van der Waals surface area contributed by atoms with Gasteiger partial charge >= 0.3 is 5.97 Å². The van der Waals surface area contributed by atoms with Gasteiger partial charge in [-0.3, -0.25) is 4.79 Å². The number of anilines is 1. The number of esters is 1. The third-order valence-electron chi connectivity index (χ3n) is 4.42. The number of carbonyl (C=O) groups is 2. The van der Waals surface area contributed by atoms with Gasteiger partial charge in [0, 0.05) is 12.1 Å². The first-order chi connectivity index (χ1) is 15.5. The minimum absolute atomic E-state index is 0.272. The van der Waals surface area contributed by atoms with E-state index in [1.165, 1.54) is 0 Å². The van der Waals surface area contributed by atoms with Gasteiger partial charge in [0.15, 0.2) is 17.5 Å². The fraction of sp³-hybridized carbons (Fsp3) is 0.348. The van der Waals surface area contributed by atoms with Gasteiger partial charge in [0.1, 0.15) is 11.4 Å². The van der Waals surface area contributed by atoms with Gasteiger partial charge in [0.2, 0.25) is 0 Å². The van der Waals surface area contributed by atoms with Crippen LogP contribution in [0, 0.1) is 0 Å². The molecule has 1 unspecified atom stereocenters. The predicted octanol–water partition coefficient (Wildman–Crippen LogP) is 5.67. The number of hydrogen-bond donors (Lipinski definition) is 1. The first-order valence-electron chi connectivity index (χ1n) is 10.1. The molecule has 0 aromatic heterocycles. The molecule has 7 nitrogen and oxygen atoms in total. The van der Waals surface area contributed by atoms with Crippen molar-refractivity contribution in [3.05, 3.63) is 58.6 Å². The Balaban J connectivity index is 1.72. The lowest BCUT2D eigenvalue weighted by Gasteiger charge is -2.20. The average Bonchev–Trinajstić information content (AvgIpc) is 3.21. The fourth-order valence-corrected chi connectivity index (χ4v) is 3.51. The predicted molar refractivity (Wildman–Crippen MR) is 128 cm³/mol. The summed E-state index contributed by atoms with van der Waals surface area (Å²) in [5.74, 6) is -0.624. The summed E-state index contributed by atoms with van der Waals surface area (Å²) in [4.78, 5) is 28.3. The molecule has 0 fully saturated rings. The number of rotatable bonds is 7. The van der Waals surface area contributed by atoms with E-state index >= 15 is 0 Å². The number of halogens is 3. The normalized spacial score (nSPS) is 15.6. The molecule has 33 heavy (non-hydrogen) atoms. The molecule has 2 aromatic rings. The highest BCUT2D eigenvalue weighted by molar-refractivity contribution is 6.54. The lowest BCUT2D eigenvalue weighted by atomic mass is 9.99. The van der Waals surface area contributed by atoms with Crippen molar-refractivity contribution < 1.29 is 23.9 Å². The number of amides is 1. The Morgan fingerprint density at radius 3 is 2.64 bits per heavy atom. The topological polar surface area (TPSA) is 86.2 Å². The number of alkyl halides is 2. The summed E-state index contributed by atoms with van der Waals surface area (Å²) in [6.45, 7) is 5.08. The molecule has 1 atom stereocenters. The molecule has 1 aliphatic heterocycles. The smallest absolute Gasteiger partial charge is 0.344 e. The lowest BCUT2D eigenvalue weighted by Crippen LogP contribution is -2.27. The van der Waals surface area contributed by atoms with Crippen LogP contribution in [0.1, 0.15) is 44.4 Å². The second-order valence-electron chi connectivity index (χ2n) is 8.24. The van der Waals surface area contributed by atoms with E-state index in [9.17, 15) is 9.59 Å². The van der Waals surface area contributed by atoms with Gasteiger partial charge in [-0.15, -0.1) is 0 Å². The number of carbonyl (C=O) groups excluding carboxylic acids is 2.